The molecule has 1 saturated carbocycles. The van der Waals surface area contributed by atoms with Gasteiger partial charge >= 0.3 is 5.97 Å². The molecule has 0 bridgehead atoms. The van der Waals surface area contributed by atoms with Crippen LogP contribution in [0.1, 0.15) is 46.5 Å². The zero-order valence-corrected chi connectivity index (χ0v) is 9.79. The maximum atomic E-state index is 11.3. The Morgan fingerprint density at radius 2 is 1.67 bits per heavy atom. The molecule has 1 rings (SSSR count). The summed E-state index contributed by atoms with van der Waals surface area (Å²) in [5.41, 5.74) is 0. The van der Waals surface area contributed by atoms with Gasteiger partial charge in [-0.3, -0.25) is 9.59 Å². The van der Waals surface area contributed by atoms with Crippen molar-refractivity contribution in [1.82, 2.24) is 0 Å². The average Bonchev–Trinajstić information content (AvgIpc) is 2.18. The first-order chi connectivity index (χ1) is 7.00. The molecular weight excluding hydrogens is 192 g/mol. The van der Waals surface area contributed by atoms with Crippen LogP contribution in [-0.2, 0) is 14.3 Å². The van der Waals surface area contributed by atoms with E-state index < -0.39 is 0 Å². The van der Waals surface area contributed by atoms with Crippen LogP contribution in [0.2, 0.25) is 0 Å². The molecule has 0 unspecified atom stereocenters. The molecule has 0 amide bonds. The third-order valence-electron chi connectivity index (χ3n) is 3.00. The summed E-state index contributed by atoms with van der Waals surface area (Å²) >= 11 is 0. The third-order valence-corrected chi connectivity index (χ3v) is 3.00. The van der Waals surface area contributed by atoms with Gasteiger partial charge in [-0.2, -0.15) is 0 Å². The summed E-state index contributed by atoms with van der Waals surface area (Å²) in [6.45, 7) is 5.32. The standard InChI is InChI=1S/C12H20O3/c1-8(2)12(14)15-11-6-4-10(5-7-11)9(3)13/h8,10-11H,4-7H2,1-3H3/t10-,11-. The van der Waals surface area contributed by atoms with Gasteiger partial charge < -0.3 is 4.74 Å². The average molecular weight is 212 g/mol. The third kappa shape index (κ3) is 3.65. The maximum Gasteiger partial charge on any atom is 0.308 e. The molecule has 0 aromatic heterocycles. The number of carbonyl (C=O) groups is 2. The van der Waals surface area contributed by atoms with Crippen molar-refractivity contribution in [2.75, 3.05) is 0 Å². The molecule has 3 heteroatoms. The Labute approximate surface area is 91.2 Å². The fourth-order valence-electron chi connectivity index (χ4n) is 1.89. The summed E-state index contributed by atoms with van der Waals surface area (Å²) in [5.74, 6) is 0.277. The lowest BCUT2D eigenvalue weighted by atomic mass is 9.85. The van der Waals surface area contributed by atoms with Gasteiger partial charge in [0, 0.05) is 5.92 Å². The van der Waals surface area contributed by atoms with Gasteiger partial charge in [0.15, 0.2) is 0 Å². The molecule has 3 nitrogen and oxygen atoms in total. The van der Waals surface area contributed by atoms with Gasteiger partial charge in [0.2, 0.25) is 0 Å². The van der Waals surface area contributed by atoms with Gasteiger partial charge in [0.1, 0.15) is 11.9 Å². The minimum atomic E-state index is -0.124. The number of rotatable bonds is 3. The second kappa shape index (κ2) is 5.29. The normalized spacial score (nSPS) is 26.4. The summed E-state index contributed by atoms with van der Waals surface area (Å²) < 4.78 is 5.33. The molecule has 86 valence electrons. The van der Waals surface area contributed by atoms with Crippen molar-refractivity contribution in [2.45, 2.75) is 52.6 Å². The fourth-order valence-corrected chi connectivity index (χ4v) is 1.89. The zero-order valence-electron chi connectivity index (χ0n) is 9.79. The number of ketones is 1. The quantitative estimate of drug-likeness (QED) is 0.674. The van der Waals surface area contributed by atoms with E-state index in [1.807, 2.05) is 13.8 Å². The molecule has 0 N–H and O–H groups in total. The minimum Gasteiger partial charge on any atom is -0.462 e. The molecule has 1 fully saturated rings. The highest BCUT2D eigenvalue weighted by atomic mass is 16.5. The predicted molar refractivity (Wildman–Crippen MR) is 57.4 cm³/mol. The van der Waals surface area contributed by atoms with Crippen molar-refractivity contribution in [3.8, 4) is 0 Å². The van der Waals surface area contributed by atoms with E-state index >= 15 is 0 Å². The lowest BCUT2D eigenvalue weighted by molar-refractivity contribution is -0.154. The van der Waals surface area contributed by atoms with Crippen molar-refractivity contribution in [2.24, 2.45) is 11.8 Å². The number of hydrogen-bond acceptors (Lipinski definition) is 3. The number of Topliss-reactive ketones (excluding diaryl/α,β-unsaturated/α-hetero) is 1. The highest BCUT2D eigenvalue weighted by Crippen LogP contribution is 2.27. The van der Waals surface area contributed by atoms with E-state index in [1.54, 1.807) is 6.92 Å². The molecule has 0 atom stereocenters. The Kier molecular flexibility index (Phi) is 4.30. The van der Waals surface area contributed by atoms with E-state index in [-0.39, 0.29) is 29.7 Å². The Hall–Kier alpha value is -0.860. The van der Waals surface area contributed by atoms with E-state index in [9.17, 15) is 9.59 Å². The molecule has 1 aliphatic rings. The molecule has 15 heavy (non-hydrogen) atoms. The second-order valence-electron chi connectivity index (χ2n) is 4.68. The first kappa shape index (κ1) is 12.2. The zero-order chi connectivity index (χ0) is 11.4. The van der Waals surface area contributed by atoms with Crippen LogP contribution in [0.3, 0.4) is 0 Å². The molecular formula is C12H20O3. The summed E-state index contributed by atoms with van der Waals surface area (Å²) in [6, 6.07) is 0. The molecule has 0 spiro atoms. The molecule has 0 saturated heterocycles. The Morgan fingerprint density at radius 1 is 1.13 bits per heavy atom. The van der Waals surface area contributed by atoms with E-state index in [4.69, 9.17) is 4.74 Å². The highest BCUT2D eigenvalue weighted by Gasteiger charge is 2.26. The van der Waals surface area contributed by atoms with Gasteiger partial charge in [-0.05, 0) is 32.6 Å². The van der Waals surface area contributed by atoms with Crippen molar-refractivity contribution in [3.63, 3.8) is 0 Å². The topological polar surface area (TPSA) is 43.4 Å². The van der Waals surface area contributed by atoms with Crippen molar-refractivity contribution in [1.29, 1.82) is 0 Å². The first-order valence-corrected chi connectivity index (χ1v) is 5.71. The maximum absolute atomic E-state index is 11.3. The van der Waals surface area contributed by atoms with Crippen LogP contribution in [0.4, 0.5) is 0 Å². The Bertz CT molecular complexity index is 237. The lowest BCUT2D eigenvalue weighted by Crippen LogP contribution is -2.28. The Morgan fingerprint density at radius 3 is 2.07 bits per heavy atom. The first-order valence-electron chi connectivity index (χ1n) is 5.71. The van der Waals surface area contributed by atoms with Crippen LogP contribution in [-0.4, -0.2) is 17.9 Å². The van der Waals surface area contributed by atoms with Crippen LogP contribution in [0.25, 0.3) is 0 Å². The number of carbonyl (C=O) groups excluding carboxylic acids is 2. The molecule has 1 aliphatic carbocycles. The lowest BCUT2D eigenvalue weighted by Gasteiger charge is -2.27. The van der Waals surface area contributed by atoms with Crippen LogP contribution in [0.15, 0.2) is 0 Å². The Balaban J connectivity index is 2.32. The smallest absolute Gasteiger partial charge is 0.308 e. The SMILES string of the molecule is CC(=O)[C@H]1CC[C@H](OC(=O)C(C)C)CC1. The monoisotopic (exact) mass is 212 g/mol. The molecule has 0 radical (unpaired) electrons. The molecule has 0 aromatic rings. The van der Waals surface area contributed by atoms with Crippen LogP contribution in [0.5, 0.6) is 0 Å². The van der Waals surface area contributed by atoms with Gasteiger partial charge in [-0.15, -0.1) is 0 Å². The summed E-state index contributed by atoms with van der Waals surface area (Å²) in [5, 5.41) is 0. The fraction of sp³-hybridized carbons (Fsp3) is 0.833. The van der Waals surface area contributed by atoms with E-state index in [0.29, 0.717) is 0 Å². The van der Waals surface area contributed by atoms with Crippen LogP contribution < -0.4 is 0 Å². The molecule has 0 aromatic carbocycles. The second-order valence-corrected chi connectivity index (χ2v) is 4.68. The van der Waals surface area contributed by atoms with Gasteiger partial charge in [0.25, 0.3) is 0 Å². The van der Waals surface area contributed by atoms with Crippen LogP contribution >= 0.6 is 0 Å². The number of esters is 1. The number of hydrogen-bond donors (Lipinski definition) is 0. The summed E-state index contributed by atoms with van der Waals surface area (Å²) in [6.07, 6.45) is 3.44. The van der Waals surface area contributed by atoms with Gasteiger partial charge in [0.05, 0.1) is 5.92 Å². The molecule has 0 heterocycles. The van der Waals surface area contributed by atoms with Crippen molar-refractivity contribution in [3.05, 3.63) is 0 Å². The van der Waals surface area contributed by atoms with Crippen molar-refractivity contribution < 1.29 is 14.3 Å². The van der Waals surface area contributed by atoms with Gasteiger partial charge in [-0.25, -0.2) is 0 Å². The van der Waals surface area contributed by atoms with E-state index in [0.717, 1.165) is 25.7 Å². The molecule has 0 aliphatic heterocycles. The van der Waals surface area contributed by atoms with Crippen LogP contribution in [0, 0.1) is 11.8 Å². The highest BCUT2D eigenvalue weighted by molar-refractivity contribution is 5.78. The summed E-state index contributed by atoms with van der Waals surface area (Å²) in [7, 11) is 0. The minimum absolute atomic E-state index is 0.0375. The van der Waals surface area contributed by atoms with Crippen molar-refractivity contribution >= 4 is 11.8 Å². The van der Waals surface area contributed by atoms with E-state index in [2.05, 4.69) is 0 Å². The van der Waals surface area contributed by atoms with Gasteiger partial charge in [-0.1, -0.05) is 13.8 Å². The van der Waals surface area contributed by atoms with E-state index in [1.165, 1.54) is 0 Å². The predicted octanol–water partition coefficient (Wildman–Crippen LogP) is 2.33. The summed E-state index contributed by atoms with van der Waals surface area (Å²) in [4.78, 5) is 22.5. The number of ether oxygens (including phenoxy) is 1. The largest absolute Gasteiger partial charge is 0.462 e.